The zero-order valence-corrected chi connectivity index (χ0v) is 12.4. The van der Waals surface area contributed by atoms with Crippen molar-refractivity contribution in [3.8, 4) is 0 Å². The number of halogens is 1. The van der Waals surface area contributed by atoms with Gasteiger partial charge in [-0.05, 0) is 66.2 Å². The summed E-state index contributed by atoms with van der Waals surface area (Å²) in [5, 5.41) is 3.51. The molecule has 1 N–H and O–H groups in total. The van der Waals surface area contributed by atoms with Crippen LogP contribution >= 0.6 is 15.9 Å². The largest absolute Gasteiger partial charge is 0.384 e. The lowest BCUT2D eigenvalue weighted by Gasteiger charge is -2.12. The fourth-order valence-electron chi connectivity index (χ4n) is 1.94. The van der Waals surface area contributed by atoms with E-state index in [1.165, 1.54) is 40.5 Å². The molecule has 0 amide bonds. The van der Waals surface area contributed by atoms with Crippen LogP contribution in [0.15, 0.2) is 29.3 Å². The molecular weight excluding hydrogens is 274 g/mol. The maximum absolute atomic E-state index is 3.74. The molecule has 0 atom stereocenters. The van der Waals surface area contributed by atoms with Crippen molar-refractivity contribution < 1.29 is 0 Å². The Labute approximate surface area is 113 Å². The minimum atomic E-state index is 1.04. The van der Waals surface area contributed by atoms with E-state index < -0.39 is 0 Å². The molecule has 1 nitrogen and oxygen atoms in total. The molecule has 1 rings (SSSR count). The Hall–Kier alpha value is -0.760. The van der Waals surface area contributed by atoms with Crippen molar-refractivity contribution in [3.63, 3.8) is 0 Å². The van der Waals surface area contributed by atoms with Gasteiger partial charge in [-0.15, -0.1) is 6.58 Å². The molecule has 0 fully saturated rings. The normalized spacial score (nSPS) is 10.3. The summed E-state index contributed by atoms with van der Waals surface area (Å²) >= 11 is 3.62. The highest BCUT2D eigenvalue weighted by molar-refractivity contribution is 9.10. The summed E-state index contributed by atoms with van der Waals surface area (Å²) < 4.78 is 1.17. The van der Waals surface area contributed by atoms with E-state index in [0.29, 0.717) is 0 Å². The van der Waals surface area contributed by atoms with Crippen LogP contribution in [0.1, 0.15) is 36.8 Å². The van der Waals surface area contributed by atoms with Gasteiger partial charge in [0, 0.05) is 11.0 Å². The minimum absolute atomic E-state index is 1.04. The van der Waals surface area contributed by atoms with Crippen LogP contribution in [-0.4, -0.2) is 6.54 Å². The minimum Gasteiger partial charge on any atom is -0.384 e. The number of hydrogen-bond donors (Lipinski definition) is 1. The highest BCUT2D eigenvalue weighted by atomic mass is 79.9. The van der Waals surface area contributed by atoms with Crippen LogP contribution in [-0.2, 0) is 0 Å². The first-order valence-corrected chi connectivity index (χ1v) is 7.06. The molecule has 0 aliphatic carbocycles. The van der Waals surface area contributed by atoms with E-state index in [1.54, 1.807) is 0 Å². The number of hydrogen-bond acceptors (Lipinski definition) is 1. The van der Waals surface area contributed by atoms with Gasteiger partial charge in [-0.2, -0.15) is 0 Å². The molecule has 0 aliphatic rings. The van der Waals surface area contributed by atoms with Crippen LogP contribution in [0.25, 0.3) is 0 Å². The summed E-state index contributed by atoms with van der Waals surface area (Å²) in [6.07, 6.45) is 6.86. The van der Waals surface area contributed by atoms with Gasteiger partial charge in [0.1, 0.15) is 0 Å². The van der Waals surface area contributed by atoms with Crippen molar-refractivity contribution >= 4 is 21.6 Å². The number of allylic oxidation sites excluding steroid dienone is 1. The Morgan fingerprint density at radius 1 is 1.24 bits per heavy atom. The molecule has 0 bridgehead atoms. The number of benzene rings is 1. The van der Waals surface area contributed by atoms with Crippen LogP contribution in [0.3, 0.4) is 0 Å². The van der Waals surface area contributed by atoms with Crippen molar-refractivity contribution in [2.45, 2.75) is 39.5 Å². The van der Waals surface area contributed by atoms with Crippen molar-refractivity contribution in [1.29, 1.82) is 0 Å². The summed E-state index contributed by atoms with van der Waals surface area (Å²) in [5.74, 6) is 0. The Kier molecular flexibility index (Phi) is 6.35. The zero-order valence-electron chi connectivity index (χ0n) is 10.9. The lowest BCUT2D eigenvalue weighted by atomic mass is 10.1. The highest BCUT2D eigenvalue weighted by Crippen LogP contribution is 2.27. The van der Waals surface area contributed by atoms with Gasteiger partial charge in [-0.1, -0.05) is 18.6 Å². The van der Waals surface area contributed by atoms with Crippen molar-refractivity contribution in [1.82, 2.24) is 0 Å². The van der Waals surface area contributed by atoms with Gasteiger partial charge in [0.25, 0.3) is 0 Å². The Morgan fingerprint density at radius 2 is 2.00 bits per heavy atom. The fourth-order valence-corrected chi connectivity index (χ4v) is 2.76. The summed E-state index contributed by atoms with van der Waals surface area (Å²) in [5.41, 5.74) is 3.84. The number of aryl methyl sites for hydroxylation is 2. The van der Waals surface area contributed by atoms with Crippen molar-refractivity contribution in [3.05, 3.63) is 40.4 Å². The predicted octanol–water partition coefficient (Wildman–Crippen LogP) is 5.22. The molecule has 0 saturated carbocycles. The molecule has 0 aliphatic heterocycles. The van der Waals surface area contributed by atoms with Crippen LogP contribution < -0.4 is 5.32 Å². The topological polar surface area (TPSA) is 12.0 Å². The third-order valence-electron chi connectivity index (χ3n) is 2.82. The number of rotatable bonds is 7. The smallest absolute Gasteiger partial charge is 0.0514 e. The molecule has 0 unspecified atom stereocenters. The molecule has 17 heavy (non-hydrogen) atoms. The first-order valence-electron chi connectivity index (χ1n) is 6.26. The van der Waals surface area contributed by atoms with E-state index in [1.807, 2.05) is 6.08 Å². The average Bonchev–Trinajstić information content (AvgIpc) is 2.26. The van der Waals surface area contributed by atoms with Gasteiger partial charge < -0.3 is 5.32 Å². The number of nitrogens with one attached hydrogen (secondary N) is 1. The first kappa shape index (κ1) is 14.3. The third-order valence-corrected chi connectivity index (χ3v) is 3.44. The SMILES string of the molecule is C=CCCCCCNc1c(C)cc(C)cc1Br. The van der Waals surface area contributed by atoms with E-state index in [-0.39, 0.29) is 0 Å². The standard InChI is InChI=1S/C15H22BrN/c1-4-5-6-7-8-9-17-15-13(3)10-12(2)11-14(15)16/h4,10-11,17H,1,5-9H2,2-3H3. The van der Waals surface area contributed by atoms with Crippen molar-refractivity contribution in [2.24, 2.45) is 0 Å². The molecule has 0 heterocycles. The van der Waals surface area contributed by atoms with Crippen molar-refractivity contribution in [2.75, 3.05) is 11.9 Å². The Morgan fingerprint density at radius 3 is 2.65 bits per heavy atom. The van der Waals surface area contributed by atoms with Gasteiger partial charge >= 0.3 is 0 Å². The molecule has 1 aromatic rings. The summed E-state index contributed by atoms with van der Waals surface area (Å²) in [7, 11) is 0. The van der Waals surface area contributed by atoms with E-state index in [2.05, 4.69) is 53.8 Å². The quantitative estimate of drug-likeness (QED) is 0.537. The molecule has 1 aromatic carbocycles. The average molecular weight is 296 g/mol. The third kappa shape index (κ3) is 4.95. The molecule has 0 aromatic heterocycles. The fraction of sp³-hybridized carbons (Fsp3) is 0.467. The van der Waals surface area contributed by atoms with Gasteiger partial charge in [0.05, 0.1) is 5.69 Å². The maximum Gasteiger partial charge on any atom is 0.0514 e. The molecular formula is C15H22BrN. The van der Waals surface area contributed by atoms with Gasteiger partial charge in [-0.25, -0.2) is 0 Å². The lowest BCUT2D eigenvalue weighted by molar-refractivity contribution is 0.708. The Bertz CT molecular complexity index is 348. The first-order chi connectivity index (χ1) is 8.15. The highest BCUT2D eigenvalue weighted by Gasteiger charge is 2.03. The molecule has 94 valence electrons. The summed E-state index contributed by atoms with van der Waals surface area (Å²) in [4.78, 5) is 0. The lowest BCUT2D eigenvalue weighted by Crippen LogP contribution is -2.04. The second kappa shape index (κ2) is 7.54. The van der Waals surface area contributed by atoms with E-state index in [0.717, 1.165) is 13.0 Å². The van der Waals surface area contributed by atoms with Gasteiger partial charge in [-0.3, -0.25) is 0 Å². The predicted molar refractivity (Wildman–Crippen MR) is 80.8 cm³/mol. The number of anilines is 1. The zero-order chi connectivity index (χ0) is 12.7. The second-order valence-electron chi connectivity index (χ2n) is 4.50. The van der Waals surface area contributed by atoms with Gasteiger partial charge in [0.2, 0.25) is 0 Å². The van der Waals surface area contributed by atoms with Crippen LogP contribution in [0, 0.1) is 13.8 Å². The summed E-state index contributed by atoms with van der Waals surface area (Å²) in [6, 6.07) is 4.37. The van der Waals surface area contributed by atoms with E-state index >= 15 is 0 Å². The molecule has 2 heteroatoms. The number of unbranched alkanes of at least 4 members (excludes halogenated alkanes) is 3. The van der Waals surface area contributed by atoms with E-state index in [4.69, 9.17) is 0 Å². The van der Waals surface area contributed by atoms with Crippen LogP contribution in [0.5, 0.6) is 0 Å². The molecule has 0 spiro atoms. The van der Waals surface area contributed by atoms with E-state index in [9.17, 15) is 0 Å². The summed E-state index contributed by atoms with van der Waals surface area (Å²) in [6.45, 7) is 9.05. The maximum atomic E-state index is 3.74. The molecule has 0 saturated heterocycles. The second-order valence-corrected chi connectivity index (χ2v) is 5.36. The monoisotopic (exact) mass is 295 g/mol. The Balaban J connectivity index is 2.39. The van der Waals surface area contributed by atoms with Gasteiger partial charge in [0.15, 0.2) is 0 Å². The van der Waals surface area contributed by atoms with Crippen LogP contribution in [0.4, 0.5) is 5.69 Å². The van der Waals surface area contributed by atoms with Crippen LogP contribution in [0.2, 0.25) is 0 Å². The molecule has 0 radical (unpaired) electrons.